The van der Waals surface area contributed by atoms with Crippen molar-refractivity contribution < 1.29 is 4.79 Å². The van der Waals surface area contributed by atoms with E-state index < -0.39 is 0 Å². The van der Waals surface area contributed by atoms with Crippen LogP contribution in [0.5, 0.6) is 0 Å². The average Bonchev–Trinajstić information content (AvgIpc) is 3.23. The van der Waals surface area contributed by atoms with Crippen molar-refractivity contribution in [2.24, 2.45) is 0 Å². The summed E-state index contributed by atoms with van der Waals surface area (Å²) in [5, 5.41) is 8.83. The van der Waals surface area contributed by atoms with Crippen molar-refractivity contribution in [2.45, 2.75) is 13.3 Å². The van der Waals surface area contributed by atoms with Gasteiger partial charge >= 0.3 is 0 Å². The van der Waals surface area contributed by atoms with Gasteiger partial charge in [-0.3, -0.25) is 4.79 Å². The third-order valence-corrected chi connectivity index (χ3v) is 6.06. The van der Waals surface area contributed by atoms with Gasteiger partial charge in [0, 0.05) is 39.0 Å². The maximum atomic E-state index is 12.2. The van der Waals surface area contributed by atoms with E-state index in [1.807, 2.05) is 35.7 Å². The Morgan fingerprint density at radius 2 is 1.71 bits per heavy atom. The maximum Gasteiger partial charge on any atom is 0.251 e. The standard InChI is InChI=1S/C20H16Cl2N4OS/c1-12-17(10-11-23-19(27)14-4-8-16(22)9-5-14)28-20-24-18(25-26(12)20)13-2-6-15(21)7-3-13/h2-9H,10-11H2,1H3,(H,23,27). The first kappa shape index (κ1) is 18.9. The van der Waals surface area contributed by atoms with Crippen LogP contribution in [0.4, 0.5) is 0 Å². The van der Waals surface area contributed by atoms with Crippen LogP contribution in [0.25, 0.3) is 16.3 Å². The Labute approximate surface area is 175 Å². The van der Waals surface area contributed by atoms with E-state index >= 15 is 0 Å². The topological polar surface area (TPSA) is 59.3 Å². The van der Waals surface area contributed by atoms with Crippen molar-refractivity contribution in [1.29, 1.82) is 0 Å². The zero-order valence-electron chi connectivity index (χ0n) is 14.9. The minimum Gasteiger partial charge on any atom is -0.352 e. The molecule has 5 nitrogen and oxygen atoms in total. The normalized spacial score (nSPS) is 11.1. The van der Waals surface area contributed by atoms with Gasteiger partial charge in [0.15, 0.2) is 5.82 Å². The van der Waals surface area contributed by atoms with Crippen LogP contribution >= 0.6 is 34.5 Å². The molecule has 0 fully saturated rings. The van der Waals surface area contributed by atoms with E-state index in [0.29, 0.717) is 28.0 Å². The average molecular weight is 431 g/mol. The van der Waals surface area contributed by atoms with Crippen LogP contribution in [0.1, 0.15) is 20.9 Å². The molecule has 4 rings (SSSR count). The number of rotatable bonds is 5. The van der Waals surface area contributed by atoms with Crippen LogP contribution < -0.4 is 5.32 Å². The third kappa shape index (κ3) is 3.90. The quantitative estimate of drug-likeness (QED) is 0.481. The summed E-state index contributed by atoms with van der Waals surface area (Å²) in [4.78, 5) is 18.8. The van der Waals surface area contributed by atoms with Gasteiger partial charge in [0.05, 0.1) is 5.69 Å². The minimum atomic E-state index is -0.112. The molecule has 0 spiro atoms. The Morgan fingerprint density at radius 1 is 1.07 bits per heavy atom. The van der Waals surface area contributed by atoms with Gasteiger partial charge in [0.2, 0.25) is 4.96 Å². The summed E-state index contributed by atoms with van der Waals surface area (Å²) in [7, 11) is 0. The van der Waals surface area contributed by atoms with Gasteiger partial charge in [-0.05, 0) is 55.5 Å². The van der Waals surface area contributed by atoms with E-state index in [9.17, 15) is 4.79 Å². The molecular formula is C20H16Cl2N4OS. The molecule has 2 aromatic heterocycles. The molecule has 0 aliphatic carbocycles. The lowest BCUT2D eigenvalue weighted by atomic mass is 10.2. The summed E-state index contributed by atoms with van der Waals surface area (Å²) in [6.07, 6.45) is 0.719. The second kappa shape index (κ2) is 7.91. The number of amides is 1. The van der Waals surface area contributed by atoms with Gasteiger partial charge in [-0.15, -0.1) is 5.10 Å². The fraction of sp³-hybridized carbons (Fsp3) is 0.150. The van der Waals surface area contributed by atoms with Crippen molar-refractivity contribution >= 4 is 45.4 Å². The lowest BCUT2D eigenvalue weighted by molar-refractivity contribution is 0.0954. The Balaban J connectivity index is 1.44. The summed E-state index contributed by atoms with van der Waals surface area (Å²) in [5.74, 6) is 0.562. The van der Waals surface area contributed by atoms with Gasteiger partial charge in [0.25, 0.3) is 5.91 Å². The van der Waals surface area contributed by atoms with Crippen LogP contribution in [0.3, 0.4) is 0 Å². The molecule has 0 saturated heterocycles. The van der Waals surface area contributed by atoms with Crippen molar-refractivity contribution in [2.75, 3.05) is 6.54 Å². The molecule has 2 aromatic carbocycles. The molecule has 142 valence electrons. The molecule has 4 aromatic rings. The van der Waals surface area contributed by atoms with Crippen molar-refractivity contribution in [3.8, 4) is 11.4 Å². The Morgan fingerprint density at radius 3 is 2.36 bits per heavy atom. The largest absolute Gasteiger partial charge is 0.352 e. The van der Waals surface area contributed by atoms with Crippen LogP contribution in [0.15, 0.2) is 48.5 Å². The zero-order chi connectivity index (χ0) is 19.7. The number of benzene rings is 2. The fourth-order valence-electron chi connectivity index (χ4n) is 2.83. The molecule has 8 heteroatoms. The number of aryl methyl sites for hydroxylation is 1. The highest BCUT2D eigenvalue weighted by Gasteiger charge is 2.14. The van der Waals surface area contributed by atoms with E-state index in [1.54, 1.807) is 35.6 Å². The molecule has 1 N–H and O–H groups in total. The SMILES string of the molecule is Cc1c(CCNC(=O)c2ccc(Cl)cc2)sc2nc(-c3ccc(Cl)cc3)nn12. The summed E-state index contributed by atoms with van der Waals surface area (Å²) < 4.78 is 1.85. The lowest BCUT2D eigenvalue weighted by Gasteiger charge is -2.05. The number of hydrogen-bond donors (Lipinski definition) is 1. The lowest BCUT2D eigenvalue weighted by Crippen LogP contribution is -2.25. The van der Waals surface area contributed by atoms with Gasteiger partial charge < -0.3 is 5.32 Å². The molecule has 1 amide bonds. The van der Waals surface area contributed by atoms with E-state index in [4.69, 9.17) is 23.2 Å². The molecule has 0 radical (unpaired) electrons. The van der Waals surface area contributed by atoms with Crippen LogP contribution in [0, 0.1) is 6.92 Å². The van der Waals surface area contributed by atoms with Crippen LogP contribution in [-0.2, 0) is 6.42 Å². The van der Waals surface area contributed by atoms with Crippen molar-refractivity contribution in [1.82, 2.24) is 19.9 Å². The molecule has 0 aliphatic heterocycles. The number of hydrogen-bond acceptors (Lipinski definition) is 4. The Hall–Kier alpha value is -2.41. The summed E-state index contributed by atoms with van der Waals surface area (Å²) >= 11 is 13.4. The monoisotopic (exact) mass is 430 g/mol. The molecule has 28 heavy (non-hydrogen) atoms. The molecule has 2 heterocycles. The zero-order valence-corrected chi connectivity index (χ0v) is 17.3. The van der Waals surface area contributed by atoms with E-state index in [0.717, 1.165) is 27.5 Å². The predicted octanol–water partition coefficient (Wildman–Crippen LogP) is 5.05. The molecule has 0 atom stereocenters. The highest BCUT2D eigenvalue weighted by atomic mass is 35.5. The van der Waals surface area contributed by atoms with E-state index in [1.165, 1.54) is 0 Å². The summed E-state index contributed by atoms with van der Waals surface area (Å²) in [6, 6.07) is 14.3. The molecule has 0 aliphatic rings. The number of fused-ring (bicyclic) bond motifs is 1. The highest BCUT2D eigenvalue weighted by molar-refractivity contribution is 7.17. The molecule has 0 unspecified atom stereocenters. The Bertz CT molecular complexity index is 1130. The second-order valence-electron chi connectivity index (χ2n) is 6.26. The second-order valence-corrected chi connectivity index (χ2v) is 8.20. The first-order valence-corrected chi connectivity index (χ1v) is 10.2. The van der Waals surface area contributed by atoms with E-state index in [2.05, 4.69) is 15.4 Å². The predicted molar refractivity (Wildman–Crippen MR) is 114 cm³/mol. The molecule has 0 bridgehead atoms. The van der Waals surface area contributed by atoms with Crippen LogP contribution in [-0.4, -0.2) is 27.0 Å². The fourth-order valence-corrected chi connectivity index (χ4v) is 4.14. The number of halogens is 2. The molecular weight excluding hydrogens is 415 g/mol. The number of carbonyl (C=O) groups is 1. The number of aromatic nitrogens is 3. The first-order chi connectivity index (χ1) is 13.5. The van der Waals surface area contributed by atoms with Crippen LogP contribution in [0.2, 0.25) is 10.0 Å². The maximum absolute atomic E-state index is 12.2. The Kier molecular flexibility index (Phi) is 5.35. The number of carbonyl (C=O) groups excluding carboxylic acids is 1. The van der Waals surface area contributed by atoms with Crippen molar-refractivity contribution in [3.63, 3.8) is 0 Å². The summed E-state index contributed by atoms with van der Waals surface area (Å²) in [6.45, 7) is 2.55. The highest BCUT2D eigenvalue weighted by Crippen LogP contribution is 2.25. The van der Waals surface area contributed by atoms with Crippen molar-refractivity contribution in [3.05, 3.63) is 74.7 Å². The smallest absolute Gasteiger partial charge is 0.251 e. The minimum absolute atomic E-state index is 0.112. The van der Waals surface area contributed by atoms with Gasteiger partial charge in [-0.2, -0.15) is 4.98 Å². The molecule has 0 saturated carbocycles. The third-order valence-electron chi connectivity index (χ3n) is 4.36. The van der Waals surface area contributed by atoms with Gasteiger partial charge in [0.1, 0.15) is 0 Å². The number of thiazole rings is 1. The first-order valence-electron chi connectivity index (χ1n) is 8.66. The summed E-state index contributed by atoms with van der Waals surface area (Å²) in [5.41, 5.74) is 2.56. The van der Waals surface area contributed by atoms with Gasteiger partial charge in [-0.25, -0.2) is 4.52 Å². The number of nitrogens with one attached hydrogen (secondary N) is 1. The van der Waals surface area contributed by atoms with Gasteiger partial charge in [-0.1, -0.05) is 34.5 Å². The van der Waals surface area contributed by atoms with E-state index in [-0.39, 0.29) is 5.91 Å². The number of nitrogens with zero attached hydrogens (tertiary/aromatic N) is 3.